The lowest BCUT2D eigenvalue weighted by molar-refractivity contribution is -0.183. The van der Waals surface area contributed by atoms with Gasteiger partial charge in [-0.1, -0.05) is 32.9 Å². The van der Waals surface area contributed by atoms with Gasteiger partial charge in [-0.15, -0.1) is 6.58 Å². The molecule has 0 saturated heterocycles. The van der Waals surface area contributed by atoms with Crippen LogP contribution in [0, 0.1) is 5.41 Å². The predicted octanol–water partition coefficient (Wildman–Crippen LogP) is 4.24. The SMILES string of the molecule is C=CCC1(C(=O)O)CCC2=C(C=CC(OC)(OC)C2=O)C1O[Si](CC)(CC)CC. The molecule has 2 aliphatic carbocycles. The van der Waals surface area contributed by atoms with Crippen LogP contribution in [-0.4, -0.2) is 51.3 Å². The number of allylic oxidation sites excluding steroid dienone is 1. The topological polar surface area (TPSA) is 82.1 Å². The molecule has 0 aromatic rings. The van der Waals surface area contributed by atoms with Gasteiger partial charge in [-0.3, -0.25) is 9.59 Å². The molecule has 2 aliphatic rings. The number of rotatable bonds is 10. The summed E-state index contributed by atoms with van der Waals surface area (Å²) in [6.45, 7) is 10.1. The fraction of sp³-hybridized carbons (Fsp3) is 0.636. The van der Waals surface area contributed by atoms with Gasteiger partial charge in [0, 0.05) is 19.8 Å². The van der Waals surface area contributed by atoms with Gasteiger partial charge in [0.25, 0.3) is 5.79 Å². The van der Waals surface area contributed by atoms with Crippen LogP contribution in [-0.2, 0) is 23.5 Å². The van der Waals surface area contributed by atoms with Crippen LogP contribution < -0.4 is 0 Å². The molecule has 2 unspecified atom stereocenters. The monoisotopic (exact) mass is 422 g/mol. The van der Waals surface area contributed by atoms with Crippen molar-refractivity contribution in [3.05, 3.63) is 36.0 Å². The Labute approximate surface area is 174 Å². The Bertz CT molecular complexity index is 709. The molecule has 162 valence electrons. The summed E-state index contributed by atoms with van der Waals surface area (Å²) in [4.78, 5) is 25.8. The van der Waals surface area contributed by atoms with Crippen molar-refractivity contribution in [1.29, 1.82) is 0 Å². The normalized spacial score (nSPS) is 26.4. The van der Waals surface area contributed by atoms with E-state index in [9.17, 15) is 14.7 Å². The minimum Gasteiger partial charge on any atom is -0.481 e. The maximum atomic E-state index is 13.2. The molecule has 2 rings (SSSR count). The van der Waals surface area contributed by atoms with Crippen molar-refractivity contribution in [3.8, 4) is 0 Å². The molecule has 1 N–H and O–H groups in total. The van der Waals surface area contributed by atoms with Crippen molar-refractivity contribution < 1.29 is 28.6 Å². The average molecular weight is 423 g/mol. The number of carboxylic acid groups (broad SMARTS) is 1. The summed E-state index contributed by atoms with van der Waals surface area (Å²) < 4.78 is 17.5. The third-order valence-corrected chi connectivity index (χ3v) is 11.5. The van der Waals surface area contributed by atoms with E-state index in [4.69, 9.17) is 13.9 Å². The molecule has 0 heterocycles. The highest BCUT2D eigenvalue weighted by Gasteiger charge is 2.55. The second kappa shape index (κ2) is 9.08. The Balaban J connectivity index is 2.66. The number of carbonyl (C=O) groups is 2. The van der Waals surface area contributed by atoms with Crippen LogP contribution in [0.25, 0.3) is 0 Å². The van der Waals surface area contributed by atoms with E-state index in [0.717, 1.165) is 18.1 Å². The molecular weight excluding hydrogens is 388 g/mol. The quantitative estimate of drug-likeness (QED) is 0.322. The lowest BCUT2D eigenvalue weighted by atomic mass is 9.65. The standard InChI is InChI=1S/C22H34O6Si/c1-7-13-21(20(24)25)14-11-16-17(12-15-22(26-5,27-6)18(16)23)19(21)28-29(8-2,9-3)10-4/h7,12,15,19H,1,8-11,13-14H2,2-6H3,(H,24,25). The lowest BCUT2D eigenvalue weighted by Gasteiger charge is -2.47. The predicted molar refractivity (Wildman–Crippen MR) is 114 cm³/mol. The Morgan fingerprint density at radius 2 is 1.86 bits per heavy atom. The number of carboxylic acids is 1. The summed E-state index contributed by atoms with van der Waals surface area (Å²) >= 11 is 0. The lowest BCUT2D eigenvalue weighted by Crippen LogP contribution is -2.55. The van der Waals surface area contributed by atoms with Crippen LogP contribution in [0.5, 0.6) is 0 Å². The van der Waals surface area contributed by atoms with Crippen molar-refractivity contribution in [2.75, 3.05) is 14.2 Å². The van der Waals surface area contributed by atoms with Gasteiger partial charge in [-0.2, -0.15) is 0 Å². The highest BCUT2D eigenvalue weighted by molar-refractivity contribution is 6.73. The molecule has 0 radical (unpaired) electrons. The summed E-state index contributed by atoms with van der Waals surface area (Å²) in [5.74, 6) is -2.64. The van der Waals surface area contributed by atoms with Crippen LogP contribution in [0.15, 0.2) is 36.0 Å². The minimum absolute atomic E-state index is 0.275. The molecule has 0 fully saturated rings. The second-order valence-electron chi connectivity index (χ2n) is 7.87. The summed E-state index contributed by atoms with van der Waals surface area (Å²) in [5, 5.41) is 10.3. The molecule has 0 aromatic carbocycles. The maximum Gasteiger partial charge on any atom is 0.312 e. The van der Waals surface area contributed by atoms with E-state index < -0.39 is 31.6 Å². The molecule has 0 aliphatic heterocycles. The van der Waals surface area contributed by atoms with Gasteiger partial charge < -0.3 is 19.0 Å². The van der Waals surface area contributed by atoms with Gasteiger partial charge in [0.15, 0.2) is 8.32 Å². The van der Waals surface area contributed by atoms with E-state index in [1.165, 1.54) is 14.2 Å². The zero-order chi connectivity index (χ0) is 21.9. The van der Waals surface area contributed by atoms with Gasteiger partial charge >= 0.3 is 5.97 Å². The summed E-state index contributed by atoms with van der Waals surface area (Å²) in [5.41, 5.74) is 0.0686. The number of aliphatic carboxylic acids is 1. The first-order chi connectivity index (χ1) is 13.7. The molecule has 29 heavy (non-hydrogen) atoms. The first-order valence-electron chi connectivity index (χ1n) is 10.3. The van der Waals surface area contributed by atoms with Crippen LogP contribution in [0.4, 0.5) is 0 Å². The number of hydrogen-bond acceptors (Lipinski definition) is 5. The van der Waals surface area contributed by atoms with Crippen molar-refractivity contribution in [2.24, 2.45) is 5.41 Å². The fourth-order valence-electron chi connectivity index (χ4n) is 4.60. The number of Topliss-reactive ketones (excluding diaryl/α,β-unsaturated/α-hetero) is 1. The summed E-state index contributed by atoms with van der Waals surface area (Å²) in [7, 11) is 0.696. The van der Waals surface area contributed by atoms with Crippen molar-refractivity contribution in [2.45, 2.75) is 70.1 Å². The van der Waals surface area contributed by atoms with E-state index in [1.807, 2.05) is 0 Å². The third kappa shape index (κ3) is 3.81. The second-order valence-corrected chi connectivity index (χ2v) is 12.6. The Hall–Kier alpha value is -1.54. The Morgan fingerprint density at radius 3 is 2.31 bits per heavy atom. The molecule has 0 saturated carbocycles. The largest absolute Gasteiger partial charge is 0.481 e. The van der Waals surface area contributed by atoms with E-state index >= 15 is 0 Å². The zero-order valence-electron chi connectivity index (χ0n) is 18.2. The average Bonchev–Trinajstić information content (AvgIpc) is 2.74. The first kappa shape index (κ1) is 23.7. The van der Waals surface area contributed by atoms with Crippen LogP contribution in [0.3, 0.4) is 0 Å². The smallest absolute Gasteiger partial charge is 0.312 e. The molecule has 2 atom stereocenters. The van der Waals surface area contributed by atoms with Gasteiger partial charge in [-0.05, 0) is 49.0 Å². The molecule has 0 bridgehead atoms. The zero-order valence-corrected chi connectivity index (χ0v) is 19.2. The van der Waals surface area contributed by atoms with E-state index in [0.29, 0.717) is 24.0 Å². The van der Waals surface area contributed by atoms with E-state index in [1.54, 1.807) is 18.2 Å². The number of hydrogen-bond donors (Lipinski definition) is 1. The first-order valence-corrected chi connectivity index (χ1v) is 12.9. The molecule has 7 heteroatoms. The highest BCUT2D eigenvalue weighted by atomic mass is 28.4. The van der Waals surface area contributed by atoms with Crippen LogP contribution in [0.2, 0.25) is 18.1 Å². The molecule has 0 aromatic heterocycles. The van der Waals surface area contributed by atoms with Crippen molar-refractivity contribution >= 4 is 20.1 Å². The number of methoxy groups -OCH3 is 2. The van der Waals surface area contributed by atoms with Gasteiger partial charge in [0.2, 0.25) is 5.78 Å². The summed E-state index contributed by atoms with van der Waals surface area (Å²) in [6.07, 6.45) is 5.23. The van der Waals surface area contributed by atoms with Gasteiger partial charge in [0.05, 0.1) is 6.10 Å². The van der Waals surface area contributed by atoms with E-state index in [-0.39, 0.29) is 12.2 Å². The summed E-state index contributed by atoms with van der Waals surface area (Å²) in [6, 6.07) is 2.67. The molecule has 6 nitrogen and oxygen atoms in total. The Morgan fingerprint density at radius 1 is 1.28 bits per heavy atom. The van der Waals surface area contributed by atoms with Crippen LogP contribution >= 0.6 is 0 Å². The molecular formula is C22H34O6Si. The number of carbonyl (C=O) groups excluding carboxylic acids is 1. The molecule has 0 spiro atoms. The van der Waals surface area contributed by atoms with Crippen LogP contribution in [0.1, 0.15) is 40.0 Å². The van der Waals surface area contributed by atoms with Gasteiger partial charge in [-0.25, -0.2) is 0 Å². The van der Waals surface area contributed by atoms with Crippen molar-refractivity contribution in [3.63, 3.8) is 0 Å². The molecule has 0 amide bonds. The van der Waals surface area contributed by atoms with E-state index in [2.05, 4.69) is 27.4 Å². The third-order valence-electron chi connectivity index (χ3n) is 6.87. The highest BCUT2D eigenvalue weighted by Crippen LogP contribution is 2.49. The van der Waals surface area contributed by atoms with Crippen molar-refractivity contribution in [1.82, 2.24) is 0 Å². The maximum absolute atomic E-state index is 13.2. The Kier molecular flexibility index (Phi) is 7.43. The number of ether oxygens (including phenoxy) is 2. The number of ketones is 1. The fourth-order valence-corrected chi connectivity index (χ4v) is 7.45. The van der Waals surface area contributed by atoms with Gasteiger partial charge in [0.1, 0.15) is 5.41 Å². The minimum atomic E-state index is -2.16.